The number of carbonyl (C=O) groups excluding carboxylic acids is 1. The average Bonchev–Trinajstić information content (AvgIpc) is 2.48. The molecule has 0 bridgehead atoms. The zero-order valence-corrected chi connectivity index (χ0v) is 12.2. The fourth-order valence-corrected chi connectivity index (χ4v) is 3.07. The van der Waals surface area contributed by atoms with E-state index in [-0.39, 0.29) is 11.9 Å². The summed E-state index contributed by atoms with van der Waals surface area (Å²) < 4.78 is 26.1. The van der Waals surface area contributed by atoms with Crippen molar-refractivity contribution in [2.45, 2.75) is 19.5 Å². The zero-order valence-electron chi connectivity index (χ0n) is 11.4. The van der Waals surface area contributed by atoms with Gasteiger partial charge in [-0.05, 0) is 24.6 Å². The summed E-state index contributed by atoms with van der Waals surface area (Å²) in [6.45, 7) is 3.55. The zero-order chi connectivity index (χ0) is 14.5. The normalized spacial score (nSPS) is 18.9. The lowest BCUT2D eigenvalue weighted by molar-refractivity contribution is -0.133. The highest BCUT2D eigenvalue weighted by Crippen LogP contribution is 2.14. The van der Waals surface area contributed by atoms with Crippen LogP contribution in [-0.2, 0) is 11.3 Å². The predicted molar refractivity (Wildman–Crippen MR) is 76.6 cm³/mol. The molecule has 0 radical (unpaired) electrons. The number of nitrogens with zero attached hydrogens (tertiary/aromatic N) is 1. The number of halogens is 2. The van der Waals surface area contributed by atoms with E-state index in [0.717, 1.165) is 30.2 Å². The quantitative estimate of drug-likeness (QED) is 0.923. The molecule has 1 heterocycles. The van der Waals surface area contributed by atoms with Gasteiger partial charge in [-0.2, -0.15) is 11.8 Å². The Kier molecular flexibility index (Phi) is 5.37. The second-order valence-electron chi connectivity index (χ2n) is 4.68. The van der Waals surface area contributed by atoms with Crippen LogP contribution in [0.4, 0.5) is 8.78 Å². The maximum Gasteiger partial charge on any atom is 0.240 e. The standard InChI is InChI=1S/C14H18F2N2OS/c1-2-18(14(19)13-9-20-6-5-17-13)8-10-3-4-11(15)12(16)7-10/h3-4,7,13,17H,2,5-6,8-9H2,1H3. The molecule has 1 fully saturated rings. The van der Waals surface area contributed by atoms with E-state index >= 15 is 0 Å². The van der Waals surface area contributed by atoms with Crippen LogP contribution < -0.4 is 5.32 Å². The molecule has 1 aliphatic rings. The number of hydrogen-bond donors (Lipinski definition) is 1. The molecule has 1 aromatic carbocycles. The van der Waals surface area contributed by atoms with Crippen molar-refractivity contribution in [3.8, 4) is 0 Å². The van der Waals surface area contributed by atoms with Gasteiger partial charge in [-0.15, -0.1) is 0 Å². The number of likely N-dealkylation sites (N-methyl/N-ethyl adjacent to an activating group) is 1. The van der Waals surface area contributed by atoms with Gasteiger partial charge in [0.05, 0.1) is 6.04 Å². The fourth-order valence-electron chi connectivity index (χ4n) is 2.15. The molecule has 0 saturated carbocycles. The van der Waals surface area contributed by atoms with E-state index in [1.165, 1.54) is 6.07 Å². The van der Waals surface area contributed by atoms with Gasteiger partial charge >= 0.3 is 0 Å². The Labute approximate surface area is 121 Å². The van der Waals surface area contributed by atoms with Gasteiger partial charge in [0.1, 0.15) is 0 Å². The minimum atomic E-state index is -0.877. The average molecular weight is 300 g/mol. The summed E-state index contributed by atoms with van der Waals surface area (Å²) in [6.07, 6.45) is 0. The van der Waals surface area contributed by atoms with Gasteiger partial charge in [-0.1, -0.05) is 6.07 Å². The Bertz CT molecular complexity index is 478. The number of benzene rings is 1. The van der Waals surface area contributed by atoms with Crippen molar-refractivity contribution < 1.29 is 13.6 Å². The molecule has 0 aromatic heterocycles. The number of nitrogens with one attached hydrogen (secondary N) is 1. The summed E-state index contributed by atoms with van der Waals surface area (Å²) in [5.41, 5.74) is 0.600. The molecule has 1 saturated heterocycles. The van der Waals surface area contributed by atoms with E-state index in [1.54, 1.807) is 16.7 Å². The number of amides is 1. The van der Waals surface area contributed by atoms with Gasteiger partial charge < -0.3 is 10.2 Å². The van der Waals surface area contributed by atoms with Crippen LogP contribution in [0.15, 0.2) is 18.2 Å². The summed E-state index contributed by atoms with van der Waals surface area (Å²) in [5.74, 6) is 0.0434. The van der Waals surface area contributed by atoms with Crippen molar-refractivity contribution in [3.05, 3.63) is 35.4 Å². The molecule has 1 amide bonds. The molecule has 1 unspecified atom stereocenters. The Morgan fingerprint density at radius 1 is 1.45 bits per heavy atom. The predicted octanol–water partition coefficient (Wildman–Crippen LogP) is 2.02. The minimum Gasteiger partial charge on any atom is -0.337 e. The summed E-state index contributed by atoms with van der Waals surface area (Å²) in [4.78, 5) is 14.0. The third kappa shape index (κ3) is 3.70. The lowest BCUT2D eigenvalue weighted by Gasteiger charge is -2.29. The van der Waals surface area contributed by atoms with Crippen LogP contribution >= 0.6 is 11.8 Å². The Hall–Kier alpha value is -1.14. The Morgan fingerprint density at radius 3 is 2.85 bits per heavy atom. The Balaban J connectivity index is 2.03. The van der Waals surface area contributed by atoms with E-state index in [2.05, 4.69) is 5.32 Å². The van der Waals surface area contributed by atoms with Crippen LogP contribution in [0.25, 0.3) is 0 Å². The lowest BCUT2D eigenvalue weighted by atomic mass is 10.2. The van der Waals surface area contributed by atoms with Gasteiger partial charge in [0.25, 0.3) is 0 Å². The van der Waals surface area contributed by atoms with Crippen LogP contribution in [0.5, 0.6) is 0 Å². The highest BCUT2D eigenvalue weighted by molar-refractivity contribution is 7.99. The van der Waals surface area contributed by atoms with E-state index in [0.29, 0.717) is 18.7 Å². The summed E-state index contributed by atoms with van der Waals surface area (Å²) in [7, 11) is 0. The largest absolute Gasteiger partial charge is 0.337 e. The third-order valence-electron chi connectivity index (χ3n) is 3.27. The van der Waals surface area contributed by atoms with Crippen molar-refractivity contribution in [1.82, 2.24) is 10.2 Å². The maximum atomic E-state index is 13.2. The monoisotopic (exact) mass is 300 g/mol. The molecule has 6 heteroatoms. The second kappa shape index (κ2) is 7.04. The Morgan fingerprint density at radius 2 is 2.25 bits per heavy atom. The second-order valence-corrected chi connectivity index (χ2v) is 5.83. The topological polar surface area (TPSA) is 32.3 Å². The van der Waals surface area contributed by atoms with Gasteiger partial charge in [-0.25, -0.2) is 8.78 Å². The van der Waals surface area contributed by atoms with Crippen molar-refractivity contribution in [1.29, 1.82) is 0 Å². The number of hydrogen-bond acceptors (Lipinski definition) is 3. The van der Waals surface area contributed by atoms with E-state index < -0.39 is 11.6 Å². The summed E-state index contributed by atoms with van der Waals surface area (Å²) in [6, 6.07) is 3.57. The first kappa shape index (κ1) is 15.3. The number of rotatable bonds is 4. The molecule has 1 N–H and O–H groups in total. The number of carbonyl (C=O) groups is 1. The van der Waals surface area contributed by atoms with Crippen LogP contribution in [-0.4, -0.2) is 41.4 Å². The molecular weight excluding hydrogens is 282 g/mol. The lowest BCUT2D eigenvalue weighted by Crippen LogP contribution is -2.50. The molecule has 2 rings (SSSR count). The van der Waals surface area contributed by atoms with Crippen LogP contribution in [0, 0.1) is 11.6 Å². The first-order valence-corrected chi connectivity index (χ1v) is 7.81. The summed E-state index contributed by atoms with van der Waals surface area (Å²) >= 11 is 1.75. The van der Waals surface area contributed by atoms with Crippen molar-refractivity contribution in [3.63, 3.8) is 0 Å². The molecular formula is C14H18F2N2OS. The van der Waals surface area contributed by atoms with Crippen molar-refractivity contribution in [2.75, 3.05) is 24.6 Å². The molecule has 0 aliphatic carbocycles. The highest BCUT2D eigenvalue weighted by atomic mass is 32.2. The highest BCUT2D eigenvalue weighted by Gasteiger charge is 2.25. The smallest absolute Gasteiger partial charge is 0.240 e. The molecule has 20 heavy (non-hydrogen) atoms. The van der Waals surface area contributed by atoms with E-state index in [1.807, 2.05) is 6.92 Å². The first-order chi connectivity index (χ1) is 9.61. The third-order valence-corrected chi connectivity index (χ3v) is 4.33. The van der Waals surface area contributed by atoms with E-state index in [4.69, 9.17) is 0 Å². The first-order valence-electron chi connectivity index (χ1n) is 6.65. The van der Waals surface area contributed by atoms with Crippen LogP contribution in [0.3, 0.4) is 0 Å². The van der Waals surface area contributed by atoms with Gasteiger partial charge in [0.2, 0.25) is 5.91 Å². The maximum absolute atomic E-state index is 13.2. The molecule has 3 nitrogen and oxygen atoms in total. The molecule has 0 spiro atoms. The van der Waals surface area contributed by atoms with E-state index in [9.17, 15) is 13.6 Å². The molecule has 1 aliphatic heterocycles. The molecule has 1 atom stereocenters. The SMILES string of the molecule is CCN(Cc1ccc(F)c(F)c1)C(=O)C1CSCCN1. The fraction of sp³-hybridized carbons (Fsp3) is 0.500. The van der Waals surface area contributed by atoms with Crippen molar-refractivity contribution in [2.24, 2.45) is 0 Å². The minimum absolute atomic E-state index is 0.0180. The van der Waals surface area contributed by atoms with Crippen molar-refractivity contribution >= 4 is 17.7 Å². The molecule has 110 valence electrons. The number of thioether (sulfide) groups is 1. The van der Waals surface area contributed by atoms with Gasteiger partial charge in [0.15, 0.2) is 11.6 Å². The van der Waals surface area contributed by atoms with Crippen LogP contribution in [0.1, 0.15) is 12.5 Å². The van der Waals surface area contributed by atoms with Crippen LogP contribution in [0.2, 0.25) is 0 Å². The summed E-state index contributed by atoms with van der Waals surface area (Å²) in [5, 5.41) is 3.19. The van der Waals surface area contributed by atoms with Gasteiger partial charge in [0, 0.05) is 31.1 Å². The molecule has 1 aromatic rings. The van der Waals surface area contributed by atoms with Gasteiger partial charge in [-0.3, -0.25) is 4.79 Å².